The fourth-order valence-corrected chi connectivity index (χ4v) is 1.81. The van der Waals surface area contributed by atoms with Crippen molar-refractivity contribution in [3.8, 4) is 11.1 Å². The van der Waals surface area contributed by atoms with Crippen LogP contribution in [0.2, 0.25) is 0 Å². The maximum absolute atomic E-state index is 12.7. The van der Waals surface area contributed by atoms with Crippen LogP contribution in [0, 0.1) is 6.92 Å². The van der Waals surface area contributed by atoms with Gasteiger partial charge in [-0.1, -0.05) is 35.9 Å². The zero-order valence-corrected chi connectivity index (χ0v) is 9.75. The third-order valence-electron chi connectivity index (χ3n) is 2.71. The van der Waals surface area contributed by atoms with Crippen molar-refractivity contribution in [2.45, 2.75) is 13.1 Å². The molecule has 18 heavy (non-hydrogen) atoms. The van der Waals surface area contributed by atoms with Gasteiger partial charge in [0.05, 0.1) is 5.56 Å². The Bertz CT molecular complexity index is 573. The minimum atomic E-state index is -4.43. The maximum atomic E-state index is 12.7. The normalized spacial score (nSPS) is 11.6. The molecule has 1 nitrogen and oxygen atoms in total. The number of alkyl halides is 3. The molecule has 0 fully saturated rings. The van der Waals surface area contributed by atoms with E-state index in [1.165, 1.54) is 6.07 Å². The van der Waals surface area contributed by atoms with Crippen LogP contribution in [0.1, 0.15) is 11.1 Å². The van der Waals surface area contributed by atoms with Crippen LogP contribution in [0.25, 0.3) is 11.1 Å². The third-order valence-corrected chi connectivity index (χ3v) is 2.71. The number of hydrogen-bond donors (Lipinski definition) is 1. The highest BCUT2D eigenvalue weighted by Gasteiger charge is 2.33. The van der Waals surface area contributed by atoms with Gasteiger partial charge in [0.25, 0.3) is 0 Å². The van der Waals surface area contributed by atoms with Crippen LogP contribution >= 0.6 is 0 Å². The zero-order valence-electron chi connectivity index (χ0n) is 9.75. The van der Waals surface area contributed by atoms with Crippen molar-refractivity contribution in [3.63, 3.8) is 0 Å². The van der Waals surface area contributed by atoms with Crippen molar-refractivity contribution in [3.05, 3.63) is 53.6 Å². The fourth-order valence-electron chi connectivity index (χ4n) is 1.81. The molecular weight excluding hydrogens is 239 g/mol. The smallest absolute Gasteiger partial charge is 0.398 e. The monoisotopic (exact) mass is 251 g/mol. The molecule has 0 unspecified atom stereocenters. The minimum Gasteiger partial charge on any atom is -0.398 e. The van der Waals surface area contributed by atoms with Crippen molar-refractivity contribution in [1.82, 2.24) is 0 Å². The molecule has 0 radical (unpaired) electrons. The van der Waals surface area contributed by atoms with Gasteiger partial charge in [0, 0.05) is 5.69 Å². The summed E-state index contributed by atoms with van der Waals surface area (Å²) in [4.78, 5) is 0. The summed E-state index contributed by atoms with van der Waals surface area (Å²) in [7, 11) is 0. The lowest BCUT2D eigenvalue weighted by Gasteiger charge is -2.12. The van der Waals surface area contributed by atoms with E-state index in [9.17, 15) is 13.2 Å². The number of nitrogen functional groups attached to an aromatic ring is 1. The van der Waals surface area contributed by atoms with E-state index in [2.05, 4.69) is 0 Å². The van der Waals surface area contributed by atoms with Crippen molar-refractivity contribution >= 4 is 5.69 Å². The Balaban J connectivity index is 2.54. The molecule has 2 aromatic carbocycles. The lowest BCUT2D eigenvalue weighted by Crippen LogP contribution is -2.08. The standard InChI is InChI=1S/C14H12F3N/c1-9-3-2-4-10(7-9)11-5-6-13(18)12(8-11)14(15,16)17/h2-8H,18H2,1H3. The first-order valence-electron chi connectivity index (χ1n) is 5.42. The summed E-state index contributed by atoms with van der Waals surface area (Å²) in [5.41, 5.74) is 6.58. The number of anilines is 1. The SMILES string of the molecule is Cc1cccc(-c2ccc(N)c(C(F)(F)F)c2)c1. The lowest BCUT2D eigenvalue weighted by molar-refractivity contribution is -0.136. The van der Waals surface area contributed by atoms with E-state index < -0.39 is 11.7 Å². The number of hydrogen-bond acceptors (Lipinski definition) is 1. The van der Waals surface area contributed by atoms with Gasteiger partial charge in [0.2, 0.25) is 0 Å². The summed E-state index contributed by atoms with van der Waals surface area (Å²) >= 11 is 0. The molecule has 0 heterocycles. The molecule has 0 spiro atoms. The average molecular weight is 251 g/mol. The highest BCUT2D eigenvalue weighted by Crippen LogP contribution is 2.36. The number of rotatable bonds is 1. The van der Waals surface area contributed by atoms with Crippen LogP contribution in [0.15, 0.2) is 42.5 Å². The summed E-state index contributed by atoms with van der Waals surface area (Å²) < 4.78 is 38.2. The molecular formula is C14H12F3N. The van der Waals surface area contributed by atoms with Crippen LogP contribution in [0.4, 0.5) is 18.9 Å². The predicted octanol–water partition coefficient (Wildman–Crippen LogP) is 4.26. The number of aryl methyl sites for hydroxylation is 1. The van der Waals surface area contributed by atoms with Crippen LogP contribution in [0.3, 0.4) is 0 Å². The van der Waals surface area contributed by atoms with E-state index in [1.54, 1.807) is 12.1 Å². The van der Waals surface area contributed by atoms with Gasteiger partial charge in [-0.2, -0.15) is 13.2 Å². The number of benzene rings is 2. The summed E-state index contributed by atoms with van der Waals surface area (Å²) in [5.74, 6) is 0. The van der Waals surface area contributed by atoms with Crippen molar-refractivity contribution < 1.29 is 13.2 Å². The molecule has 2 aromatic rings. The molecule has 0 aliphatic rings. The molecule has 94 valence electrons. The van der Waals surface area contributed by atoms with Gasteiger partial charge in [0.1, 0.15) is 0 Å². The van der Waals surface area contributed by atoms with Gasteiger partial charge in [-0.05, 0) is 30.2 Å². The first-order valence-corrected chi connectivity index (χ1v) is 5.42. The summed E-state index contributed by atoms with van der Waals surface area (Å²) in [6, 6.07) is 11.3. The molecule has 0 aliphatic carbocycles. The highest BCUT2D eigenvalue weighted by molar-refractivity contribution is 5.68. The van der Waals surface area contributed by atoms with E-state index in [1.807, 2.05) is 25.1 Å². The molecule has 0 amide bonds. The second-order valence-corrected chi connectivity index (χ2v) is 4.17. The van der Waals surface area contributed by atoms with Gasteiger partial charge < -0.3 is 5.73 Å². The second-order valence-electron chi connectivity index (χ2n) is 4.17. The number of nitrogens with two attached hydrogens (primary N) is 1. The second kappa shape index (κ2) is 4.37. The summed E-state index contributed by atoms with van der Waals surface area (Å²) in [6.45, 7) is 1.89. The molecule has 0 saturated heterocycles. The van der Waals surface area contributed by atoms with Crippen LogP contribution in [-0.2, 0) is 6.18 Å². The largest absolute Gasteiger partial charge is 0.418 e. The molecule has 0 aromatic heterocycles. The van der Waals surface area contributed by atoms with Gasteiger partial charge in [-0.25, -0.2) is 0 Å². The van der Waals surface area contributed by atoms with E-state index in [0.29, 0.717) is 5.56 Å². The Labute approximate surface area is 103 Å². The maximum Gasteiger partial charge on any atom is 0.418 e. The van der Waals surface area contributed by atoms with Crippen LogP contribution in [-0.4, -0.2) is 0 Å². The molecule has 0 saturated carbocycles. The van der Waals surface area contributed by atoms with E-state index in [-0.39, 0.29) is 5.69 Å². The quantitative estimate of drug-likeness (QED) is 0.753. The molecule has 2 N–H and O–H groups in total. The van der Waals surface area contributed by atoms with E-state index >= 15 is 0 Å². The highest BCUT2D eigenvalue weighted by atomic mass is 19.4. The first kappa shape index (κ1) is 12.5. The van der Waals surface area contributed by atoms with Crippen molar-refractivity contribution in [2.75, 3.05) is 5.73 Å². The molecule has 4 heteroatoms. The Morgan fingerprint density at radius 3 is 2.22 bits per heavy atom. The molecule has 0 aliphatic heterocycles. The average Bonchev–Trinajstić information content (AvgIpc) is 2.28. The van der Waals surface area contributed by atoms with Crippen LogP contribution < -0.4 is 5.73 Å². The Hall–Kier alpha value is -1.97. The number of halogens is 3. The minimum absolute atomic E-state index is 0.251. The predicted molar refractivity (Wildman–Crippen MR) is 66.0 cm³/mol. The van der Waals surface area contributed by atoms with Gasteiger partial charge in [-0.3, -0.25) is 0 Å². The first-order chi connectivity index (χ1) is 8.38. The molecule has 0 atom stereocenters. The topological polar surface area (TPSA) is 26.0 Å². The van der Waals surface area contributed by atoms with Gasteiger partial charge in [-0.15, -0.1) is 0 Å². The van der Waals surface area contributed by atoms with Crippen molar-refractivity contribution in [1.29, 1.82) is 0 Å². The summed E-state index contributed by atoms with van der Waals surface area (Å²) in [6.07, 6.45) is -4.43. The Kier molecular flexibility index (Phi) is 3.03. The van der Waals surface area contributed by atoms with E-state index in [4.69, 9.17) is 5.73 Å². The van der Waals surface area contributed by atoms with Gasteiger partial charge >= 0.3 is 6.18 Å². The van der Waals surface area contributed by atoms with Crippen molar-refractivity contribution in [2.24, 2.45) is 0 Å². The molecule has 0 bridgehead atoms. The van der Waals surface area contributed by atoms with E-state index in [0.717, 1.165) is 17.2 Å². The Morgan fingerprint density at radius 1 is 0.944 bits per heavy atom. The fraction of sp³-hybridized carbons (Fsp3) is 0.143. The summed E-state index contributed by atoms with van der Waals surface area (Å²) in [5, 5.41) is 0. The Morgan fingerprint density at radius 2 is 1.61 bits per heavy atom. The van der Waals surface area contributed by atoms with Crippen LogP contribution in [0.5, 0.6) is 0 Å². The lowest BCUT2D eigenvalue weighted by atomic mass is 10.0. The zero-order chi connectivity index (χ0) is 13.3. The van der Waals surface area contributed by atoms with Gasteiger partial charge in [0.15, 0.2) is 0 Å². The molecule has 2 rings (SSSR count). The third kappa shape index (κ3) is 2.47.